The maximum absolute atomic E-state index is 13.6. The minimum Gasteiger partial charge on any atom is -0.362 e. The normalized spacial score (nSPS) is 14.1. The third-order valence-corrected chi connectivity index (χ3v) is 5.48. The Hall–Kier alpha value is -3.21. The van der Waals surface area contributed by atoms with E-state index >= 15 is 0 Å². The molecule has 3 aromatic rings. The number of para-hydroxylation sites is 1. The number of hydrogen-bond acceptors (Lipinski definition) is 4. The number of nitrogens with one attached hydrogen (secondary N) is 1. The van der Waals surface area contributed by atoms with Crippen LogP contribution in [-0.2, 0) is 0 Å². The van der Waals surface area contributed by atoms with Gasteiger partial charge < -0.3 is 5.32 Å². The first-order valence-corrected chi connectivity index (χ1v) is 10.0. The summed E-state index contributed by atoms with van der Waals surface area (Å²) in [5.74, 6) is 1.51. The maximum Gasteiger partial charge on any atom is 0.263 e. The van der Waals surface area contributed by atoms with Gasteiger partial charge in [-0.15, -0.1) is 0 Å². The molecule has 0 amide bonds. The molecule has 0 saturated carbocycles. The van der Waals surface area contributed by atoms with Gasteiger partial charge in [0.25, 0.3) is 5.56 Å². The quantitative estimate of drug-likeness (QED) is 0.748. The molecule has 0 fully saturated rings. The van der Waals surface area contributed by atoms with Crippen LogP contribution in [-0.4, -0.2) is 14.5 Å². The molecule has 0 bridgehead atoms. The molecule has 0 unspecified atom stereocenters. The molecular weight excluding hydrogens is 360 g/mol. The number of rotatable bonds is 4. The van der Waals surface area contributed by atoms with Crippen LogP contribution in [0.3, 0.4) is 0 Å². The second kappa shape index (κ2) is 7.66. The molecule has 148 valence electrons. The lowest BCUT2D eigenvalue weighted by molar-refractivity contribution is 0.755. The Kier molecular flexibility index (Phi) is 5.05. The fraction of sp³-hybridized carbons (Fsp3) is 0.292. The van der Waals surface area contributed by atoms with Crippen LogP contribution in [0.5, 0.6) is 0 Å². The Labute approximate surface area is 170 Å². The van der Waals surface area contributed by atoms with Gasteiger partial charge in [0, 0.05) is 28.4 Å². The predicted molar refractivity (Wildman–Crippen MR) is 118 cm³/mol. The van der Waals surface area contributed by atoms with E-state index < -0.39 is 0 Å². The lowest BCUT2D eigenvalue weighted by Crippen LogP contribution is -2.48. The van der Waals surface area contributed by atoms with Crippen LogP contribution in [0, 0.1) is 13.8 Å². The summed E-state index contributed by atoms with van der Waals surface area (Å²) in [6.07, 6.45) is 5.90. The van der Waals surface area contributed by atoms with Crippen molar-refractivity contribution < 1.29 is 0 Å². The number of fused-ring (bicyclic) bond motifs is 1. The molecule has 5 heteroatoms. The smallest absolute Gasteiger partial charge is 0.263 e. The average molecular weight is 386 g/mol. The molecule has 1 aliphatic rings. The summed E-state index contributed by atoms with van der Waals surface area (Å²) in [5.41, 5.74) is 3.97. The summed E-state index contributed by atoms with van der Waals surface area (Å²) in [6, 6.07) is 11.9. The van der Waals surface area contributed by atoms with Gasteiger partial charge in [0.15, 0.2) is 0 Å². The average Bonchev–Trinajstić information content (AvgIpc) is 2.71. The van der Waals surface area contributed by atoms with Gasteiger partial charge >= 0.3 is 0 Å². The number of aryl methyl sites for hydroxylation is 2. The van der Waals surface area contributed by atoms with E-state index in [9.17, 15) is 4.79 Å². The van der Waals surface area contributed by atoms with Crippen molar-refractivity contribution in [3.8, 4) is 5.69 Å². The van der Waals surface area contributed by atoms with Gasteiger partial charge in [0.2, 0.25) is 0 Å². The summed E-state index contributed by atoms with van der Waals surface area (Å²) in [6.45, 7) is 7.99. The van der Waals surface area contributed by atoms with Crippen LogP contribution in [0.25, 0.3) is 17.3 Å². The zero-order valence-corrected chi connectivity index (χ0v) is 17.4. The van der Waals surface area contributed by atoms with Crippen molar-refractivity contribution in [3.63, 3.8) is 0 Å². The Morgan fingerprint density at radius 2 is 1.90 bits per heavy atom. The van der Waals surface area contributed by atoms with Crippen molar-refractivity contribution in [2.75, 3.05) is 5.32 Å². The molecule has 4 rings (SSSR count). The van der Waals surface area contributed by atoms with Crippen LogP contribution >= 0.6 is 0 Å². The van der Waals surface area contributed by atoms with Crippen molar-refractivity contribution in [1.29, 1.82) is 0 Å². The fourth-order valence-corrected chi connectivity index (χ4v) is 3.93. The fourth-order valence-electron chi connectivity index (χ4n) is 3.93. The van der Waals surface area contributed by atoms with E-state index in [1.54, 1.807) is 0 Å². The van der Waals surface area contributed by atoms with Gasteiger partial charge in [-0.25, -0.2) is 9.97 Å². The highest BCUT2D eigenvalue weighted by Crippen LogP contribution is 2.21. The van der Waals surface area contributed by atoms with Gasteiger partial charge in [-0.1, -0.05) is 29.8 Å². The summed E-state index contributed by atoms with van der Waals surface area (Å²) in [4.78, 5) is 22.4. The number of pyridine rings is 1. The van der Waals surface area contributed by atoms with Gasteiger partial charge in [-0.05, 0) is 64.0 Å². The molecular formula is C24H26N4O. The minimum atomic E-state index is -0.114. The first-order valence-electron chi connectivity index (χ1n) is 10.0. The Bertz CT molecular complexity index is 1240. The first kappa shape index (κ1) is 19.1. The van der Waals surface area contributed by atoms with Gasteiger partial charge in [0.1, 0.15) is 11.6 Å². The van der Waals surface area contributed by atoms with E-state index in [1.807, 2.05) is 54.9 Å². The highest BCUT2D eigenvalue weighted by molar-refractivity contribution is 5.51. The third kappa shape index (κ3) is 3.60. The molecule has 29 heavy (non-hydrogen) atoms. The Morgan fingerprint density at radius 3 is 2.66 bits per heavy atom. The van der Waals surface area contributed by atoms with Crippen molar-refractivity contribution in [3.05, 3.63) is 80.5 Å². The number of hydrogen-bond donors (Lipinski definition) is 1. The summed E-state index contributed by atoms with van der Waals surface area (Å²) in [7, 11) is 0. The Morgan fingerprint density at radius 1 is 1.14 bits per heavy atom. The van der Waals surface area contributed by atoms with E-state index in [0.29, 0.717) is 0 Å². The molecule has 1 N–H and O–H groups in total. The summed E-state index contributed by atoms with van der Waals surface area (Å²) < 4.78 is 1.84. The largest absolute Gasteiger partial charge is 0.362 e. The first-order chi connectivity index (χ1) is 14.0. The topological polar surface area (TPSA) is 59.8 Å². The molecule has 1 aromatic carbocycles. The van der Waals surface area contributed by atoms with Gasteiger partial charge in [0.05, 0.1) is 6.04 Å². The molecule has 2 aromatic heterocycles. The van der Waals surface area contributed by atoms with Crippen LogP contribution in [0.4, 0.5) is 5.82 Å². The van der Waals surface area contributed by atoms with E-state index in [1.165, 1.54) is 0 Å². The van der Waals surface area contributed by atoms with Crippen LogP contribution in [0.1, 0.15) is 49.8 Å². The van der Waals surface area contributed by atoms with Crippen LogP contribution in [0.2, 0.25) is 0 Å². The summed E-state index contributed by atoms with van der Waals surface area (Å²) >= 11 is 0. The van der Waals surface area contributed by atoms with Crippen molar-refractivity contribution in [2.24, 2.45) is 0 Å². The van der Waals surface area contributed by atoms with Crippen molar-refractivity contribution in [2.45, 2.75) is 46.6 Å². The number of anilines is 1. The summed E-state index contributed by atoms with van der Waals surface area (Å²) in [5, 5.41) is 5.36. The third-order valence-electron chi connectivity index (χ3n) is 5.48. The highest BCUT2D eigenvalue weighted by atomic mass is 16.1. The van der Waals surface area contributed by atoms with Gasteiger partial charge in [-0.2, -0.15) is 0 Å². The number of nitrogens with zero attached hydrogens (tertiary/aromatic N) is 3. The van der Waals surface area contributed by atoms with E-state index in [-0.39, 0.29) is 11.6 Å². The zero-order chi connectivity index (χ0) is 20.5. The van der Waals surface area contributed by atoms with E-state index in [4.69, 9.17) is 0 Å². The molecule has 0 spiro atoms. The standard InChI is InChI=1S/C24H26N4O/c1-15-9-8-10-19-13-21(17(3)26-23-16(2)14-25-18(4)27-23)28(24(29)22(15)19)20-11-6-5-7-12-20/h5-7,10-14,17H,8-9H2,1-4H3,(H,25,26,27)/t17-/m0/s1. The van der Waals surface area contributed by atoms with Crippen molar-refractivity contribution in [1.82, 2.24) is 14.5 Å². The molecule has 0 radical (unpaired) electrons. The Balaban J connectivity index is 1.93. The number of benzene rings is 1. The molecule has 2 heterocycles. The lowest BCUT2D eigenvalue weighted by Gasteiger charge is -2.22. The monoisotopic (exact) mass is 386 g/mol. The molecule has 5 nitrogen and oxygen atoms in total. The molecule has 1 atom stereocenters. The lowest BCUT2D eigenvalue weighted by atomic mass is 10.00. The molecule has 0 aliphatic heterocycles. The van der Waals surface area contributed by atoms with Gasteiger partial charge in [-0.3, -0.25) is 9.36 Å². The van der Waals surface area contributed by atoms with E-state index in [2.05, 4.69) is 41.3 Å². The van der Waals surface area contributed by atoms with Crippen LogP contribution in [0.15, 0.2) is 47.4 Å². The molecule has 1 aliphatic carbocycles. The van der Waals surface area contributed by atoms with E-state index in [0.717, 1.165) is 57.4 Å². The molecule has 0 saturated heterocycles. The zero-order valence-electron chi connectivity index (χ0n) is 17.4. The second-order valence-electron chi connectivity index (χ2n) is 7.71. The second-order valence-corrected chi connectivity index (χ2v) is 7.71. The van der Waals surface area contributed by atoms with Crippen LogP contribution < -0.4 is 21.3 Å². The van der Waals surface area contributed by atoms with Crippen molar-refractivity contribution >= 4 is 17.5 Å². The predicted octanol–water partition coefficient (Wildman–Crippen LogP) is 3.16. The maximum atomic E-state index is 13.6. The SMILES string of the molecule is CC1=c2c(cc([C@H](C)Nc3nc(C)ncc3C)n(-c3ccccc3)c2=O)=CCC1. The number of aromatic nitrogens is 3. The highest BCUT2D eigenvalue weighted by Gasteiger charge is 2.18. The minimum absolute atomic E-state index is 0.0430.